The van der Waals surface area contributed by atoms with Crippen LogP contribution in [0.15, 0.2) is 30.3 Å². The molecule has 0 aromatic heterocycles. The van der Waals surface area contributed by atoms with Crippen molar-refractivity contribution in [3.8, 4) is 5.75 Å². The van der Waals surface area contributed by atoms with Crippen LogP contribution in [0.2, 0.25) is 0 Å². The molecule has 0 bridgehead atoms. The summed E-state index contributed by atoms with van der Waals surface area (Å²) in [4.78, 5) is 27.2. The second-order valence-electron chi connectivity index (χ2n) is 5.26. The van der Waals surface area contributed by atoms with Crippen LogP contribution in [0.1, 0.15) is 13.8 Å². The minimum atomic E-state index is -0.370. The van der Waals surface area contributed by atoms with Crippen LogP contribution in [0, 0.1) is 0 Å². The van der Waals surface area contributed by atoms with E-state index >= 15 is 0 Å². The van der Waals surface area contributed by atoms with E-state index in [1.165, 1.54) is 0 Å². The van der Waals surface area contributed by atoms with Crippen LogP contribution < -0.4 is 10.1 Å². The number of amides is 3. The zero-order valence-corrected chi connectivity index (χ0v) is 12.4. The Labute approximate surface area is 124 Å². The third-order valence-electron chi connectivity index (χ3n) is 3.19. The fourth-order valence-corrected chi connectivity index (χ4v) is 2.08. The van der Waals surface area contributed by atoms with Gasteiger partial charge in [0.2, 0.25) is 0 Å². The van der Waals surface area contributed by atoms with Crippen molar-refractivity contribution in [2.75, 3.05) is 26.2 Å². The number of rotatable bonds is 2. The van der Waals surface area contributed by atoms with Crippen molar-refractivity contribution in [2.24, 2.45) is 0 Å². The molecule has 0 radical (unpaired) electrons. The zero-order chi connectivity index (χ0) is 15.2. The molecule has 1 N–H and O–H groups in total. The Kier molecular flexibility index (Phi) is 5.03. The van der Waals surface area contributed by atoms with Gasteiger partial charge in [0, 0.05) is 32.2 Å². The Morgan fingerprint density at radius 1 is 1.05 bits per heavy atom. The highest BCUT2D eigenvalue weighted by atomic mass is 16.6. The van der Waals surface area contributed by atoms with Crippen molar-refractivity contribution in [2.45, 2.75) is 19.9 Å². The maximum atomic E-state index is 12.0. The number of urea groups is 1. The molecule has 0 spiro atoms. The molecule has 1 aliphatic rings. The van der Waals surface area contributed by atoms with E-state index in [1.54, 1.807) is 21.9 Å². The molecule has 1 aromatic rings. The lowest BCUT2D eigenvalue weighted by molar-refractivity contribution is 0.116. The Bertz CT molecular complexity index is 482. The number of para-hydroxylation sites is 1. The summed E-state index contributed by atoms with van der Waals surface area (Å²) in [6.45, 7) is 5.84. The lowest BCUT2D eigenvalue weighted by Gasteiger charge is -2.34. The van der Waals surface area contributed by atoms with Crippen molar-refractivity contribution < 1.29 is 14.3 Å². The van der Waals surface area contributed by atoms with E-state index in [0.717, 1.165) is 0 Å². The molecule has 21 heavy (non-hydrogen) atoms. The first-order valence-corrected chi connectivity index (χ1v) is 7.13. The van der Waals surface area contributed by atoms with E-state index in [-0.39, 0.29) is 18.2 Å². The number of piperazine rings is 1. The minimum absolute atomic E-state index is 0.0823. The van der Waals surface area contributed by atoms with Crippen LogP contribution in [-0.2, 0) is 0 Å². The maximum Gasteiger partial charge on any atom is 0.415 e. The predicted molar refractivity (Wildman–Crippen MR) is 79.3 cm³/mol. The van der Waals surface area contributed by atoms with Crippen LogP contribution in [0.5, 0.6) is 5.75 Å². The second kappa shape index (κ2) is 6.97. The molecular weight excluding hydrogens is 270 g/mol. The summed E-state index contributed by atoms with van der Waals surface area (Å²) in [5.41, 5.74) is 0. The van der Waals surface area contributed by atoms with Crippen molar-refractivity contribution in [3.05, 3.63) is 30.3 Å². The van der Waals surface area contributed by atoms with E-state index in [1.807, 2.05) is 32.0 Å². The average Bonchev–Trinajstić information content (AvgIpc) is 2.47. The van der Waals surface area contributed by atoms with Gasteiger partial charge in [-0.05, 0) is 26.0 Å². The number of carbonyl (C=O) groups is 2. The van der Waals surface area contributed by atoms with Gasteiger partial charge in [0.25, 0.3) is 0 Å². The van der Waals surface area contributed by atoms with Gasteiger partial charge in [-0.1, -0.05) is 18.2 Å². The largest absolute Gasteiger partial charge is 0.415 e. The van der Waals surface area contributed by atoms with Gasteiger partial charge in [0.15, 0.2) is 0 Å². The zero-order valence-electron chi connectivity index (χ0n) is 12.4. The fourth-order valence-electron chi connectivity index (χ4n) is 2.08. The van der Waals surface area contributed by atoms with Gasteiger partial charge in [-0.3, -0.25) is 0 Å². The summed E-state index contributed by atoms with van der Waals surface area (Å²) in [5, 5.41) is 2.85. The van der Waals surface area contributed by atoms with Gasteiger partial charge < -0.3 is 19.9 Å². The van der Waals surface area contributed by atoms with Crippen molar-refractivity contribution in [1.29, 1.82) is 0 Å². The molecule has 0 aliphatic carbocycles. The molecule has 114 valence electrons. The Morgan fingerprint density at radius 3 is 2.19 bits per heavy atom. The molecule has 1 fully saturated rings. The molecular formula is C15H21N3O3. The summed E-state index contributed by atoms with van der Waals surface area (Å²) in [7, 11) is 0. The van der Waals surface area contributed by atoms with Crippen LogP contribution in [0.4, 0.5) is 9.59 Å². The number of benzene rings is 1. The Hall–Kier alpha value is -2.24. The number of carbonyl (C=O) groups excluding carboxylic acids is 2. The van der Waals surface area contributed by atoms with Crippen molar-refractivity contribution in [3.63, 3.8) is 0 Å². The first-order chi connectivity index (χ1) is 10.1. The topological polar surface area (TPSA) is 61.9 Å². The first-order valence-electron chi connectivity index (χ1n) is 7.13. The minimum Gasteiger partial charge on any atom is -0.410 e. The molecule has 1 aromatic carbocycles. The highest BCUT2D eigenvalue weighted by Crippen LogP contribution is 2.11. The lowest BCUT2D eigenvalue weighted by Crippen LogP contribution is -2.54. The highest BCUT2D eigenvalue weighted by Gasteiger charge is 2.25. The summed E-state index contributed by atoms with van der Waals surface area (Å²) in [6, 6.07) is 9.01. The summed E-state index contributed by atoms with van der Waals surface area (Å²) in [5.74, 6) is 0.530. The van der Waals surface area contributed by atoms with E-state index in [4.69, 9.17) is 4.74 Å². The van der Waals surface area contributed by atoms with Gasteiger partial charge in [0.1, 0.15) is 5.75 Å². The molecule has 1 saturated heterocycles. The average molecular weight is 291 g/mol. The van der Waals surface area contributed by atoms with Gasteiger partial charge in [-0.25, -0.2) is 9.59 Å². The van der Waals surface area contributed by atoms with Gasteiger partial charge in [0.05, 0.1) is 0 Å². The number of hydrogen-bond acceptors (Lipinski definition) is 3. The second-order valence-corrected chi connectivity index (χ2v) is 5.26. The summed E-state index contributed by atoms with van der Waals surface area (Å²) >= 11 is 0. The van der Waals surface area contributed by atoms with Crippen LogP contribution in [-0.4, -0.2) is 54.1 Å². The SMILES string of the molecule is CC(C)NC(=O)N1CCN(C(=O)Oc2ccccc2)CC1. The molecule has 1 heterocycles. The van der Waals surface area contributed by atoms with Crippen LogP contribution in [0.3, 0.4) is 0 Å². The molecule has 3 amide bonds. The number of nitrogens with one attached hydrogen (secondary N) is 1. The van der Waals surface area contributed by atoms with Crippen LogP contribution >= 0.6 is 0 Å². The number of hydrogen-bond donors (Lipinski definition) is 1. The fraction of sp³-hybridized carbons (Fsp3) is 0.467. The molecule has 6 heteroatoms. The maximum absolute atomic E-state index is 12.0. The summed E-state index contributed by atoms with van der Waals surface area (Å²) < 4.78 is 5.28. The van der Waals surface area contributed by atoms with Crippen molar-refractivity contribution >= 4 is 12.1 Å². The third kappa shape index (κ3) is 4.37. The summed E-state index contributed by atoms with van der Waals surface area (Å²) in [6.07, 6.45) is -0.370. The molecule has 1 aliphatic heterocycles. The molecule has 0 unspecified atom stereocenters. The van der Waals surface area contributed by atoms with Gasteiger partial charge >= 0.3 is 12.1 Å². The number of nitrogens with zero attached hydrogens (tertiary/aromatic N) is 2. The molecule has 0 saturated carbocycles. The van der Waals surface area contributed by atoms with Crippen LogP contribution in [0.25, 0.3) is 0 Å². The van der Waals surface area contributed by atoms with Gasteiger partial charge in [-0.15, -0.1) is 0 Å². The quantitative estimate of drug-likeness (QED) is 0.905. The van der Waals surface area contributed by atoms with Gasteiger partial charge in [-0.2, -0.15) is 0 Å². The van der Waals surface area contributed by atoms with E-state index in [9.17, 15) is 9.59 Å². The molecule has 0 atom stereocenters. The molecule has 2 rings (SSSR count). The van der Waals surface area contributed by atoms with E-state index < -0.39 is 0 Å². The van der Waals surface area contributed by atoms with E-state index in [2.05, 4.69) is 5.32 Å². The number of ether oxygens (including phenoxy) is 1. The van der Waals surface area contributed by atoms with Crippen molar-refractivity contribution in [1.82, 2.24) is 15.1 Å². The smallest absolute Gasteiger partial charge is 0.410 e. The Balaban J connectivity index is 1.81. The normalized spacial score (nSPS) is 15.0. The molecule has 6 nitrogen and oxygen atoms in total. The van der Waals surface area contributed by atoms with E-state index in [0.29, 0.717) is 31.9 Å². The highest BCUT2D eigenvalue weighted by molar-refractivity contribution is 5.75. The first kappa shape index (κ1) is 15.2. The Morgan fingerprint density at radius 2 is 1.62 bits per heavy atom. The lowest BCUT2D eigenvalue weighted by atomic mass is 10.3. The predicted octanol–water partition coefficient (Wildman–Crippen LogP) is 1.92. The third-order valence-corrected chi connectivity index (χ3v) is 3.19. The monoisotopic (exact) mass is 291 g/mol. The standard InChI is InChI=1S/C15H21N3O3/c1-12(2)16-14(19)17-8-10-18(11-9-17)15(20)21-13-6-4-3-5-7-13/h3-7,12H,8-11H2,1-2H3,(H,16,19).